The Balaban J connectivity index is 0. The molecule has 61 valence electrons. The molecule has 0 aromatic carbocycles. The van der Waals surface area contributed by atoms with Crippen molar-refractivity contribution in [2.24, 2.45) is 0 Å². The van der Waals surface area contributed by atoms with Gasteiger partial charge in [0, 0.05) is 0 Å². The molecule has 0 aliphatic carbocycles. The molecule has 0 rings (SSSR count). The van der Waals surface area contributed by atoms with Crippen LogP contribution in [0.4, 0.5) is 0 Å². The third-order valence-corrected chi connectivity index (χ3v) is 2.54. The molecular formula is C8H18ISn. The van der Waals surface area contributed by atoms with Crippen molar-refractivity contribution in [2.75, 3.05) is 0 Å². The summed E-state index contributed by atoms with van der Waals surface area (Å²) in [5, 5.41) is 0. The molecule has 0 saturated heterocycles. The van der Waals surface area contributed by atoms with Crippen LogP contribution in [0.15, 0.2) is 0 Å². The molecular weight excluding hydrogens is 342 g/mol. The quantitative estimate of drug-likeness (QED) is 0.386. The van der Waals surface area contributed by atoms with E-state index >= 15 is 0 Å². The number of halogens is 1. The van der Waals surface area contributed by atoms with Crippen LogP contribution in [0.5, 0.6) is 0 Å². The van der Waals surface area contributed by atoms with E-state index in [2.05, 4.69) is 6.92 Å². The van der Waals surface area contributed by atoms with Crippen molar-refractivity contribution in [3.63, 3.8) is 0 Å². The molecule has 0 heterocycles. The second-order valence-corrected chi connectivity index (χ2v) is 3.94. The van der Waals surface area contributed by atoms with Gasteiger partial charge in [0.25, 0.3) is 0 Å². The van der Waals surface area contributed by atoms with Crippen molar-refractivity contribution in [1.82, 2.24) is 0 Å². The Morgan fingerprint density at radius 3 is 1.90 bits per heavy atom. The van der Waals surface area contributed by atoms with Crippen LogP contribution in [-0.2, 0) is 0 Å². The predicted molar refractivity (Wildman–Crippen MR) is 59.4 cm³/mol. The minimum absolute atomic E-state index is 0. The molecule has 0 saturated carbocycles. The summed E-state index contributed by atoms with van der Waals surface area (Å²) in [6.45, 7) is 2.27. The van der Waals surface area contributed by atoms with Gasteiger partial charge in [-0.1, -0.05) is 0 Å². The molecule has 0 unspecified atom stereocenters. The molecule has 2 heteroatoms. The minimum atomic E-state index is 0. The maximum atomic E-state index is 2.27. The van der Waals surface area contributed by atoms with Crippen LogP contribution in [0, 0.1) is 0 Å². The molecule has 0 fully saturated rings. The fourth-order valence-corrected chi connectivity index (χ4v) is 1.62. The van der Waals surface area contributed by atoms with Crippen LogP contribution in [0.25, 0.3) is 0 Å². The van der Waals surface area contributed by atoms with Crippen molar-refractivity contribution in [1.29, 1.82) is 0 Å². The van der Waals surface area contributed by atoms with Crippen LogP contribution >= 0.6 is 24.0 Å². The molecule has 0 bridgehead atoms. The molecule has 0 aromatic rings. The van der Waals surface area contributed by atoms with E-state index in [1.807, 2.05) is 0 Å². The first-order valence-electron chi connectivity index (χ1n) is 4.06. The summed E-state index contributed by atoms with van der Waals surface area (Å²) >= 11 is 1.71. The second kappa shape index (κ2) is 13.1. The minimum Gasteiger partial charge on any atom is -0.107 e. The van der Waals surface area contributed by atoms with Crippen molar-refractivity contribution in [2.45, 2.75) is 49.9 Å². The average molecular weight is 360 g/mol. The molecule has 0 N–H and O–H groups in total. The monoisotopic (exact) mass is 361 g/mol. The van der Waals surface area contributed by atoms with Crippen molar-refractivity contribution < 1.29 is 0 Å². The van der Waals surface area contributed by atoms with Crippen LogP contribution in [-0.4, -0.2) is 22.5 Å². The molecule has 0 aliphatic heterocycles. The third kappa shape index (κ3) is 12.2. The van der Waals surface area contributed by atoms with Gasteiger partial charge in [0.1, 0.15) is 0 Å². The molecule has 10 heavy (non-hydrogen) atoms. The largest absolute Gasteiger partial charge is 0.107 e. The Kier molecular flexibility index (Phi) is 18.5. The Bertz CT molecular complexity index is 42.5. The topological polar surface area (TPSA) is 0 Å². The Morgan fingerprint density at radius 1 is 0.900 bits per heavy atom. The summed E-state index contributed by atoms with van der Waals surface area (Å²) in [5.41, 5.74) is 0. The maximum Gasteiger partial charge on any atom is -0.107 e. The average Bonchev–Trinajstić information content (AvgIpc) is 1.89. The molecule has 0 nitrogen and oxygen atoms in total. The SMILES string of the molecule is CCCCCCC[CH2][Sn].I. The van der Waals surface area contributed by atoms with Crippen LogP contribution in [0.1, 0.15) is 45.4 Å². The number of hydrogen-bond donors (Lipinski definition) is 0. The van der Waals surface area contributed by atoms with Gasteiger partial charge in [-0.2, -0.15) is 0 Å². The summed E-state index contributed by atoms with van der Waals surface area (Å²) in [7, 11) is 0. The predicted octanol–water partition coefficient (Wildman–Crippen LogP) is 3.55. The van der Waals surface area contributed by atoms with Gasteiger partial charge in [0.05, 0.1) is 0 Å². The van der Waals surface area contributed by atoms with Crippen LogP contribution in [0.3, 0.4) is 0 Å². The summed E-state index contributed by atoms with van der Waals surface area (Å²) < 4.78 is 1.46. The zero-order chi connectivity index (χ0) is 6.95. The fourth-order valence-electron chi connectivity index (χ4n) is 0.905. The molecule has 0 amide bonds. The Labute approximate surface area is 95.6 Å². The van der Waals surface area contributed by atoms with E-state index in [0.717, 1.165) is 0 Å². The van der Waals surface area contributed by atoms with E-state index in [4.69, 9.17) is 0 Å². The van der Waals surface area contributed by atoms with Crippen LogP contribution < -0.4 is 0 Å². The second-order valence-electron chi connectivity index (χ2n) is 2.52. The van der Waals surface area contributed by atoms with Crippen molar-refractivity contribution in [3.05, 3.63) is 0 Å². The normalized spacial score (nSPS) is 9.00. The zero-order valence-electron chi connectivity index (χ0n) is 6.86. The fraction of sp³-hybridized carbons (Fsp3) is 1.00. The van der Waals surface area contributed by atoms with Gasteiger partial charge in [0.15, 0.2) is 0 Å². The maximum absolute atomic E-state index is 2.27. The van der Waals surface area contributed by atoms with E-state index in [0.29, 0.717) is 0 Å². The number of unbranched alkanes of at least 4 members (excludes halogenated alkanes) is 5. The Hall–Kier alpha value is 1.53. The van der Waals surface area contributed by atoms with Gasteiger partial charge in [0.2, 0.25) is 0 Å². The van der Waals surface area contributed by atoms with E-state index in [1.54, 1.807) is 22.5 Å². The van der Waals surface area contributed by atoms with Gasteiger partial charge in [-0.05, 0) is 0 Å². The first kappa shape index (κ1) is 14.1. The molecule has 0 spiro atoms. The smallest absolute Gasteiger partial charge is 0.107 e. The molecule has 0 aliphatic rings. The molecule has 3 radical (unpaired) electrons. The summed E-state index contributed by atoms with van der Waals surface area (Å²) in [6.07, 6.45) is 8.71. The van der Waals surface area contributed by atoms with E-state index in [-0.39, 0.29) is 24.0 Å². The third-order valence-electron chi connectivity index (χ3n) is 1.53. The van der Waals surface area contributed by atoms with E-state index in [1.165, 1.54) is 43.0 Å². The van der Waals surface area contributed by atoms with Crippen molar-refractivity contribution >= 4 is 46.5 Å². The molecule has 0 aromatic heterocycles. The number of hydrogen-bond acceptors (Lipinski definition) is 0. The first-order chi connectivity index (χ1) is 4.41. The van der Waals surface area contributed by atoms with Gasteiger partial charge in [-0.15, -0.1) is 24.0 Å². The van der Waals surface area contributed by atoms with Crippen molar-refractivity contribution in [3.8, 4) is 0 Å². The van der Waals surface area contributed by atoms with E-state index in [9.17, 15) is 0 Å². The standard InChI is InChI=1S/C8H17.HI.Sn/c1-3-5-7-8-6-4-2;;/h1,3-8H2,2H3;1H;. The van der Waals surface area contributed by atoms with Gasteiger partial charge >= 0.3 is 72.4 Å². The Morgan fingerprint density at radius 2 is 1.40 bits per heavy atom. The first-order valence-corrected chi connectivity index (χ1v) is 6.08. The van der Waals surface area contributed by atoms with Gasteiger partial charge in [-0.25, -0.2) is 0 Å². The van der Waals surface area contributed by atoms with Crippen LogP contribution in [0.2, 0.25) is 4.44 Å². The summed E-state index contributed by atoms with van der Waals surface area (Å²) in [6, 6.07) is 0. The van der Waals surface area contributed by atoms with Gasteiger partial charge < -0.3 is 0 Å². The summed E-state index contributed by atoms with van der Waals surface area (Å²) in [4.78, 5) is 0. The zero-order valence-corrected chi connectivity index (χ0v) is 12.0. The van der Waals surface area contributed by atoms with E-state index < -0.39 is 0 Å². The number of rotatable bonds is 6. The van der Waals surface area contributed by atoms with Gasteiger partial charge in [-0.3, -0.25) is 0 Å². The molecule has 0 atom stereocenters. The summed E-state index contributed by atoms with van der Waals surface area (Å²) in [5.74, 6) is 0.